The van der Waals surface area contributed by atoms with Crippen molar-refractivity contribution in [1.82, 2.24) is 5.43 Å². The third-order valence-corrected chi connectivity index (χ3v) is 2.93. The second kappa shape index (κ2) is 9.04. The minimum atomic E-state index is -0.706. The van der Waals surface area contributed by atoms with Gasteiger partial charge in [0.25, 0.3) is 0 Å². The van der Waals surface area contributed by atoms with E-state index in [0.29, 0.717) is 19.0 Å². The molecule has 0 saturated carbocycles. The monoisotopic (exact) mass is 329 g/mol. The Bertz CT molecular complexity index is 686. The number of nitrogens with zero attached hydrogens (tertiary/aromatic N) is 1. The number of amides is 2. The predicted molar refractivity (Wildman–Crippen MR) is 90.7 cm³/mol. The molecule has 2 rings (SSSR count). The first kappa shape index (κ1) is 17.1. The van der Waals surface area contributed by atoms with Gasteiger partial charge >= 0.3 is 6.03 Å². The van der Waals surface area contributed by atoms with Gasteiger partial charge in [-0.25, -0.2) is 10.2 Å². The van der Waals surface area contributed by atoms with Gasteiger partial charge in [-0.2, -0.15) is 5.10 Å². The Hall–Kier alpha value is -3.22. The van der Waals surface area contributed by atoms with Gasteiger partial charge in [0.2, 0.25) is 0 Å². The summed E-state index contributed by atoms with van der Waals surface area (Å²) in [6.45, 7) is 0.826. The number of primary amides is 1. The molecular formula is C17H19N3O4. The smallest absolute Gasteiger partial charge is 0.332 e. The summed E-state index contributed by atoms with van der Waals surface area (Å²) in [6.07, 6.45) is 1.49. The highest BCUT2D eigenvalue weighted by atomic mass is 16.5. The van der Waals surface area contributed by atoms with Gasteiger partial charge in [0, 0.05) is 6.07 Å². The fraction of sp³-hybridized carbons (Fsp3) is 0.176. The lowest BCUT2D eigenvalue weighted by Crippen LogP contribution is -2.24. The Morgan fingerprint density at radius 3 is 2.42 bits per heavy atom. The fourth-order valence-electron chi connectivity index (χ4n) is 1.83. The topological polar surface area (TPSA) is 95.2 Å². The maximum absolute atomic E-state index is 10.5. The van der Waals surface area contributed by atoms with Gasteiger partial charge in [-0.15, -0.1) is 0 Å². The summed E-state index contributed by atoms with van der Waals surface area (Å²) >= 11 is 0. The molecule has 24 heavy (non-hydrogen) atoms. The number of carbonyl (C=O) groups is 1. The number of hydrogen-bond donors (Lipinski definition) is 2. The molecule has 0 heterocycles. The zero-order valence-corrected chi connectivity index (χ0v) is 13.3. The summed E-state index contributed by atoms with van der Waals surface area (Å²) in [7, 11) is 1.61. The molecule has 0 atom stereocenters. The SMILES string of the molecule is COc1cccc(OCCOc2ccc(/C=N/NC(N)=O)cc2)c1. The fourth-order valence-corrected chi connectivity index (χ4v) is 1.83. The van der Waals surface area contributed by atoms with E-state index in [4.69, 9.17) is 19.9 Å². The molecule has 7 nitrogen and oxygen atoms in total. The number of hydrogen-bond acceptors (Lipinski definition) is 5. The second-order valence-electron chi connectivity index (χ2n) is 4.68. The second-order valence-corrected chi connectivity index (χ2v) is 4.68. The van der Waals surface area contributed by atoms with E-state index in [1.165, 1.54) is 6.21 Å². The first-order valence-electron chi connectivity index (χ1n) is 7.25. The van der Waals surface area contributed by atoms with Crippen LogP contribution >= 0.6 is 0 Å². The molecule has 0 unspecified atom stereocenters. The Morgan fingerprint density at radius 1 is 1.08 bits per heavy atom. The number of nitrogens with two attached hydrogens (primary N) is 1. The average Bonchev–Trinajstić information content (AvgIpc) is 2.60. The van der Waals surface area contributed by atoms with Crippen molar-refractivity contribution in [2.75, 3.05) is 20.3 Å². The van der Waals surface area contributed by atoms with E-state index >= 15 is 0 Å². The van der Waals surface area contributed by atoms with Crippen molar-refractivity contribution < 1.29 is 19.0 Å². The summed E-state index contributed by atoms with van der Waals surface area (Å²) in [4.78, 5) is 10.5. The Balaban J connectivity index is 1.74. The van der Waals surface area contributed by atoms with Crippen LogP contribution in [0, 0.1) is 0 Å². The number of hydrazone groups is 1. The number of methoxy groups -OCH3 is 1. The number of carbonyl (C=O) groups excluding carboxylic acids is 1. The molecule has 0 bridgehead atoms. The summed E-state index contributed by atoms with van der Waals surface area (Å²) in [6, 6.07) is 13.9. The minimum absolute atomic E-state index is 0.411. The lowest BCUT2D eigenvalue weighted by atomic mass is 10.2. The third kappa shape index (κ3) is 5.88. The quantitative estimate of drug-likeness (QED) is 0.441. The molecule has 126 valence electrons. The molecule has 3 N–H and O–H groups in total. The normalized spacial score (nSPS) is 10.4. The Morgan fingerprint density at radius 2 is 1.75 bits per heavy atom. The van der Waals surface area contributed by atoms with Crippen molar-refractivity contribution in [3.8, 4) is 17.2 Å². The van der Waals surface area contributed by atoms with Crippen molar-refractivity contribution in [2.45, 2.75) is 0 Å². The van der Waals surface area contributed by atoms with Crippen LogP contribution in [0.15, 0.2) is 53.6 Å². The number of urea groups is 1. The number of benzene rings is 2. The highest BCUT2D eigenvalue weighted by Gasteiger charge is 1.98. The van der Waals surface area contributed by atoms with E-state index in [0.717, 1.165) is 17.1 Å². The molecule has 0 aliphatic heterocycles. The first-order valence-corrected chi connectivity index (χ1v) is 7.25. The van der Waals surface area contributed by atoms with Crippen LogP contribution < -0.4 is 25.4 Å². The Kier molecular flexibility index (Phi) is 6.46. The summed E-state index contributed by atoms with van der Waals surface area (Å²) in [5.74, 6) is 2.19. The molecular weight excluding hydrogens is 310 g/mol. The van der Waals surface area contributed by atoms with E-state index in [2.05, 4.69) is 10.5 Å². The van der Waals surface area contributed by atoms with Crippen LogP contribution in [0.4, 0.5) is 4.79 Å². The van der Waals surface area contributed by atoms with Crippen LogP contribution in [-0.4, -0.2) is 32.6 Å². The van der Waals surface area contributed by atoms with Crippen molar-refractivity contribution in [3.05, 3.63) is 54.1 Å². The van der Waals surface area contributed by atoms with Crippen LogP contribution in [0.1, 0.15) is 5.56 Å². The molecule has 2 aromatic carbocycles. The predicted octanol–water partition coefficient (Wildman–Crippen LogP) is 2.16. The molecule has 0 fully saturated rings. The molecule has 0 spiro atoms. The highest BCUT2D eigenvalue weighted by molar-refractivity contribution is 5.81. The molecule has 7 heteroatoms. The van der Waals surface area contributed by atoms with Gasteiger partial charge in [0.15, 0.2) is 0 Å². The summed E-state index contributed by atoms with van der Waals surface area (Å²) in [5.41, 5.74) is 7.84. The van der Waals surface area contributed by atoms with Gasteiger partial charge in [-0.05, 0) is 42.0 Å². The minimum Gasteiger partial charge on any atom is -0.497 e. The van der Waals surface area contributed by atoms with Crippen molar-refractivity contribution in [3.63, 3.8) is 0 Å². The molecule has 2 aromatic rings. The molecule has 0 aliphatic rings. The van der Waals surface area contributed by atoms with Gasteiger partial charge in [-0.3, -0.25) is 0 Å². The maximum atomic E-state index is 10.5. The molecule has 2 amide bonds. The lowest BCUT2D eigenvalue weighted by Gasteiger charge is -2.09. The van der Waals surface area contributed by atoms with Crippen molar-refractivity contribution in [1.29, 1.82) is 0 Å². The largest absolute Gasteiger partial charge is 0.497 e. The highest BCUT2D eigenvalue weighted by Crippen LogP contribution is 2.18. The number of nitrogens with one attached hydrogen (secondary N) is 1. The maximum Gasteiger partial charge on any atom is 0.332 e. The Labute approximate surface area is 140 Å². The van der Waals surface area contributed by atoms with Gasteiger partial charge in [0.1, 0.15) is 30.5 Å². The van der Waals surface area contributed by atoms with Crippen LogP contribution in [0.25, 0.3) is 0 Å². The van der Waals surface area contributed by atoms with Crippen LogP contribution in [0.2, 0.25) is 0 Å². The van der Waals surface area contributed by atoms with Gasteiger partial charge < -0.3 is 19.9 Å². The molecule has 0 aliphatic carbocycles. The van der Waals surface area contributed by atoms with Crippen molar-refractivity contribution in [2.24, 2.45) is 10.8 Å². The van der Waals surface area contributed by atoms with E-state index in [9.17, 15) is 4.79 Å². The molecule has 0 radical (unpaired) electrons. The van der Waals surface area contributed by atoms with Gasteiger partial charge in [0.05, 0.1) is 13.3 Å². The third-order valence-electron chi connectivity index (χ3n) is 2.93. The van der Waals surface area contributed by atoms with E-state index in [1.807, 2.05) is 36.4 Å². The van der Waals surface area contributed by atoms with Crippen LogP contribution in [0.5, 0.6) is 17.2 Å². The molecule has 0 saturated heterocycles. The number of rotatable bonds is 8. The van der Waals surface area contributed by atoms with Crippen LogP contribution in [-0.2, 0) is 0 Å². The van der Waals surface area contributed by atoms with Crippen LogP contribution in [0.3, 0.4) is 0 Å². The summed E-state index contributed by atoms with van der Waals surface area (Å²) < 4.78 is 16.3. The van der Waals surface area contributed by atoms with Gasteiger partial charge in [-0.1, -0.05) is 6.07 Å². The standard InChI is InChI=1S/C17H19N3O4/c1-22-15-3-2-4-16(11-15)24-10-9-23-14-7-5-13(6-8-14)12-19-20-17(18)21/h2-8,11-12H,9-10H2,1H3,(H3,18,20,21)/b19-12+. The van der Waals surface area contributed by atoms with E-state index in [-0.39, 0.29) is 0 Å². The zero-order chi connectivity index (χ0) is 17.2. The van der Waals surface area contributed by atoms with Crippen molar-refractivity contribution >= 4 is 12.2 Å². The number of ether oxygens (including phenoxy) is 3. The van der Waals surface area contributed by atoms with E-state index in [1.54, 1.807) is 19.2 Å². The summed E-state index contributed by atoms with van der Waals surface area (Å²) in [5, 5.41) is 3.67. The average molecular weight is 329 g/mol. The lowest BCUT2D eigenvalue weighted by molar-refractivity contribution is 0.216. The molecule has 0 aromatic heterocycles. The first-order chi connectivity index (χ1) is 11.7. The zero-order valence-electron chi connectivity index (χ0n) is 13.3. The van der Waals surface area contributed by atoms with E-state index < -0.39 is 6.03 Å².